The number of aromatic hydroxyl groups is 2. The summed E-state index contributed by atoms with van der Waals surface area (Å²) in [4.78, 5) is 0. The lowest BCUT2D eigenvalue weighted by atomic mass is 10.0. The molecule has 118 valence electrons. The van der Waals surface area contributed by atoms with Gasteiger partial charge in [0.25, 0.3) is 0 Å². The lowest BCUT2D eigenvalue weighted by Crippen LogP contribution is -1.92. The van der Waals surface area contributed by atoms with Crippen LogP contribution in [0, 0.1) is 27.7 Å². The smallest absolute Gasteiger partial charge is 0.116 e. The van der Waals surface area contributed by atoms with Crippen molar-refractivity contribution in [3.63, 3.8) is 0 Å². The molecule has 0 aromatic heterocycles. The zero-order valence-electron chi connectivity index (χ0n) is 13.4. The van der Waals surface area contributed by atoms with E-state index in [0.29, 0.717) is 11.5 Å². The van der Waals surface area contributed by atoms with Gasteiger partial charge in [-0.15, -0.1) is 0 Å². The summed E-state index contributed by atoms with van der Waals surface area (Å²) in [6, 6.07) is 7.29. The molecule has 0 aliphatic carbocycles. The molecule has 0 fully saturated rings. The summed E-state index contributed by atoms with van der Waals surface area (Å²) in [7, 11) is 3.66. The molecule has 2 rings (SSSR count). The fourth-order valence-electron chi connectivity index (χ4n) is 2.60. The molecule has 2 aromatic rings. The van der Waals surface area contributed by atoms with E-state index in [9.17, 15) is 10.2 Å². The van der Waals surface area contributed by atoms with Crippen LogP contribution in [0.15, 0.2) is 24.3 Å². The quantitative estimate of drug-likeness (QED) is 0.566. The van der Waals surface area contributed by atoms with E-state index >= 15 is 0 Å². The lowest BCUT2D eigenvalue weighted by molar-refractivity contribution is 0.473. The number of hydrogen-bond donors (Lipinski definition) is 2. The molecule has 0 unspecified atom stereocenters. The van der Waals surface area contributed by atoms with Crippen LogP contribution in [0.4, 0.5) is 0 Å². The highest BCUT2D eigenvalue weighted by molar-refractivity contribution is 8.76. The second-order valence-electron chi connectivity index (χ2n) is 5.64. The standard InChI is InChI=1S/C18H22O2S2/c1-11-5-15(19)6-12(2)17(11)9-21-22-10-18-13(3)7-16(20)8-14(18)4/h5-8,19-20H,9-10H2,1-4H3. The summed E-state index contributed by atoms with van der Waals surface area (Å²) in [5.74, 6) is 2.54. The van der Waals surface area contributed by atoms with Gasteiger partial charge >= 0.3 is 0 Å². The number of phenolic OH excluding ortho intramolecular Hbond substituents is 2. The van der Waals surface area contributed by atoms with Gasteiger partial charge in [-0.1, -0.05) is 21.6 Å². The Morgan fingerprint density at radius 2 is 0.909 bits per heavy atom. The fourth-order valence-corrected chi connectivity index (χ4v) is 5.12. The van der Waals surface area contributed by atoms with Gasteiger partial charge in [0.15, 0.2) is 0 Å². The molecule has 22 heavy (non-hydrogen) atoms. The first-order chi connectivity index (χ1) is 10.4. The van der Waals surface area contributed by atoms with E-state index in [1.165, 1.54) is 11.1 Å². The van der Waals surface area contributed by atoms with Crippen LogP contribution >= 0.6 is 21.6 Å². The molecule has 0 bridgehead atoms. The molecule has 0 aliphatic heterocycles. The zero-order chi connectivity index (χ0) is 16.3. The second kappa shape index (κ2) is 7.34. The van der Waals surface area contributed by atoms with E-state index in [2.05, 4.69) is 0 Å². The molecule has 0 radical (unpaired) electrons. The van der Waals surface area contributed by atoms with E-state index in [4.69, 9.17) is 0 Å². The van der Waals surface area contributed by atoms with Crippen molar-refractivity contribution in [3.8, 4) is 11.5 Å². The van der Waals surface area contributed by atoms with Crippen LogP contribution in [-0.2, 0) is 11.5 Å². The van der Waals surface area contributed by atoms with Crippen LogP contribution in [0.5, 0.6) is 11.5 Å². The Kier molecular flexibility index (Phi) is 5.70. The molecular weight excluding hydrogens is 312 g/mol. The summed E-state index contributed by atoms with van der Waals surface area (Å²) in [5.41, 5.74) is 7.17. The normalized spacial score (nSPS) is 10.9. The van der Waals surface area contributed by atoms with Gasteiger partial charge in [-0.2, -0.15) is 0 Å². The van der Waals surface area contributed by atoms with Crippen molar-refractivity contribution in [2.75, 3.05) is 0 Å². The van der Waals surface area contributed by atoms with Crippen molar-refractivity contribution >= 4 is 21.6 Å². The Labute approximate surface area is 140 Å². The van der Waals surface area contributed by atoms with E-state index in [0.717, 1.165) is 33.8 Å². The number of benzene rings is 2. The van der Waals surface area contributed by atoms with Gasteiger partial charge in [0, 0.05) is 11.5 Å². The minimum absolute atomic E-state index is 0.340. The molecular formula is C18H22O2S2. The number of phenols is 2. The van der Waals surface area contributed by atoms with Crippen molar-refractivity contribution in [2.45, 2.75) is 39.2 Å². The maximum Gasteiger partial charge on any atom is 0.116 e. The third kappa shape index (κ3) is 4.14. The third-order valence-corrected chi connectivity index (χ3v) is 6.04. The van der Waals surface area contributed by atoms with Gasteiger partial charge in [-0.3, -0.25) is 0 Å². The molecule has 0 spiro atoms. The molecule has 0 saturated carbocycles. The molecule has 4 heteroatoms. The highest BCUT2D eigenvalue weighted by Gasteiger charge is 2.08. The fraction of sp³-hybridized carbons (Fsp3) is 0.333. The van der Waals surface area contributed by atoms with E-state index in [-0.39, 0.29) is 0 Å². The van der Waals surface area contributed by atoms with Gasteiger partial charge in [0.05, 0.1) is 0 Å². The van der Waals surface area contributed by atoms with Crippen molar-refractivity contribution in [1.29, 1.82) is 0 Å². The summed E-state index contributed by atoms with van der Waals surface area (Å²) in [6.07, 6.45) is 0. The summed E-state index contributed by atoms with van der Waals surface area (Å²) < 4.78 is 0. The number of rotatable bonds is 5. The first kappa shape index (κ1) is 17.1. The van der Waals surface area contributed by atoms with Crippen molar-refractivity contribution in [1.82, 2.24) is 0 Å². The van der Waals surface area contributed by atoms with Crippen LogP contribution in [0.2, 0.25) is 0 Å². The molecule has 0 atom stereocenters. The van der Waals surface area contributed by atoms with Gasteiger partial charge in [-0.05, 0) is 85.3 Å². The summed E-state index contributed by atoms with van der Waals surface area (Å²) >= 11 is 0. The Hall–Kier alpha value is -1.26. The molecule has 2 aromatic carbocycles. The van der Waals surface area contributed by atoms with Crippen LogP contribution in [0.1, 0.15) is 33.4 Å². The van der Waals surface area contributed by atoms with Crippen molar-refractivity contribution < 1.29 is 10.2 Å². The van der Waals surface area contributed by atoms with Crippen LogP contribution in [0.3, 0.4) is 0 Å². The van der Waals surface area contributed by atoms with Gasteiger partial charge in [-0.25, -0.2) is 0 Å². The van der Waals surface area contributed by atoms with E-state index in [1.54, 1.807) is 0 Å². The monoisotopic (exact) mass is 334 g/mol. The second-order valence-corrected chi connectivity index (χ2v) is 8.10. The lowest BCUT2D eigenvalue weighted by Gasteiger charge is -2.12. The molecule has 0 saturated heterocycles. The SMILES string of the molecule is Cc1cc(O)cc(C)c1CSSCc1c(C)cc(O)cc1C. The molecule has 0 amide bonds. The number of hydrogen-bond acceptors (Lipinski definition) is 4. The van der Waals surface area contributed by atoms with Gasteiger partial charge in [0.1, 0.15) is 11.5 Å². The van der Waals surface area contributed by atoms with Crippen LogP contribution < -0.4 is 0 Å². The Balaban J connectivity index is 1.96. The Bertz CT molecular complexity index is 575. The highest BCUT2D eigenvalue weighted by Crippen LogP contribution is 2.34. The Morgan fingerprint density at radius 1 is 0.636 bits per heavy atom. The third-order valence-electron chi connectivity index (χ3n) is 3.85. The number of aryl methyl sites for hydroxylation is 4. The van der Waals surface area contributed by atoms with Crippen molar-refractivity contribution in [2.24, 2.45) is 0 Å². The molecule has 0 heterocycles. The topological polar surface area (TPSA) is 40.5 Å². The van der Waals surface area contributed by atoms with Gasteiger partial charge in [0.2, 0.25) is 0 Å². The largest absolute Gasteiger partial charge is 0.508 e. The van der Waals surface area contributed by atoms with Crippen molar-refractivity contribution in [3.05, 3.63) is 57.6 Å². The minimum atomic E-state index is 0.340. The zero-order valence-corrected chi connectivity index (χ0v) is 15.1. The predicted octanol–water partition coefficient (Wildman–Crippen LogP) is 5.41. The predicted molar refractivity (Wildman–Crippen MR) is 97.8 cm³/mol. The first-order valence-corrected chi connectivity index (χ1v) is 9.70. The van der Waals surface area contributed by atoms with Crippen LogP contribution in [0.25, 0.3) is 0 Å². The van der Waals surface area contributed by atoms with E-state index in [1.807, 2.05) is 73.5 Å². The van der Waals surface area contributed by atoms with E-state index < -0.39 is 0 Å². The summed E-state index contributed by atoms with van der Waals surface area (Å²) in [5, 5.41) is 19.2. The van der Waals surface area contributed by atoms with Crippen LogP contribution in [-0.4, -0.2) is 10.2 Å². The average molecular weight is 335 g/mol. The molecule has 2 nitrogen and oxygen atoms in total. The Morgan fingerprint density at radius 3 is 1.18 bits per heavy atom. The maximum absolute atomic E-state index is 9.59. The molecule has 0 aliphatic rings. The summed E-state index contributed by atoms with van der Waals surface area (Å²) in [6.45, 7) is 8.17. The maximum atomic E-state index is 9.59. The molecule has 2 N–H and O–H groups in total. The minimum Gasteiger partial charge on any atom is -0.508 e. The first-order valence-electron chi connectivity index (χ1n) is 7.21. The van der Waals surface area contributed by atoms with Gasteiger partial charge < -0.3 is 10.2 Å². The highest BCUT2D eigenvalue weighted by atomic mass is 33.1. The average Bonchev–Trinajstić information content (AvgIpc) is 2.38.